The summed E-state index contributed by atoms with van der Waals surface area (Å²) in [5.41, 5.74) is 0. The van der Waals surface area contributed by atoms with Crippen molar-refractivity contribution in [2.45, 2.75) is 20.8 Å². The summed E-state index contributed by atoms with van der Waals surface area (Å²) in [7, 11) is 0. The third-order valence-corrected chi connectivity index (χ3v) is 0. The summed E-state index contributed by atoms with van der Waals surface area (Å²) in [5.74, 6) is 1.42. The van der Waals surface area contributed by atoms with Gasteiger partial charge in [0, 0.05) is 19.5 Å². The maximum absolute atomic E-state index is 2.08. The van der Waals surface area contributed by atoms with Gasteiger partial charge < -0.3 is 12.4 Å². The zero-order valence-electron chi connectivity index (χ0n) is 4.59. The van der Waals surface area contributed by atoms with E-state index in [0.717, 1.165) is 0 Å². The Labute approximate surface area is 58.9 Å². The van der Waals surface area contributed by atoms with Crippen molar-refractivity contribution in [1.29, 1.82) is 0 Å². The van der Waals surface area contributed by atoms with Crippen LogP contribution in [0.3, 0.4) is 0 Å². The van der Waals surface area contributed by atoms with E-state index in [1.54, 1.807) is 0 Å². The molecule has 0 aromatic carbocycles. The SMILES string of the molecule is C[C](C)C.[Cl-].[Zn]. The molecule has 2 heteroatoms. The molecule has 0 saturated heterocycles. The van der Waals surface area contributed by atoms with Crippen molar-refractivity contribution in [2.75, 3.05) is 0 Å². The van der Waals surface area contributed by atoms with Crippen LogP contribution in [0.4, 0.5) is 0 Å². The topological polar surface area (TPSA) is 0 Å². The van der Waals surface area contributed by atoms with Gasteiger partial charge in [-0.15, -0.1) is 0 Å². The van der Waals surface area contributed by atoms with Gasteiger partial charge in [-0.1, -0.05) is 20.8 Å². The van der Waals surface area contributed by atoms with Crippen molar-refractivity contribution in [3.63, 3.8) is 0 Å². The predicted octanol–water partition coefficient (Wildman–Crippen LogP) is -1.38. The Morgan fingerprint density at radius 1 is 1.00 bits per heavy atom. The second-order valence-corrected chi connectivity index (χ2v) is 1.50. The van der Waals surface area contributed by atoms with Crippen molar-refractivity contribution in [3.8, 4) is 0 Å². The molecule has 6 heavy (non-hydrogen) atoms. The molecule has 35 valence electrons. The van der Waals surface area contributed by atoms with E-state index in [-0.39, 0.29) is 31.9 Å². The van der Waals surface area contributed by atoms with Crippen LogP contribution in [-0.4, -0.2) is 0 Å². The maximum Gasteiger partial charge on any atom is 0 e. The second kappa shape index (κ2) is 9.32. The predicted molar refractivity (Wildman–Crippen MR) is 20.3 cm³/mol. The van der Waals surface area contributed by atoms with Crippen LogP contribution >= 0.6 is 0 Å². The average Bonchev–Trinajstić information content (AvgIpc) is 0.811. The van der Waals surface area contributed by atoms with Crippen LogP contribution in [0.5, 0.6) is 0 Å². The Hall–Kier alpha value is 0.913. The zero-order valence-corrected chi connectivity index (χ0v) is 8.31. The van der Waals surface area contributed by atoms with Crippen LogP contribution < -0.4 is 12.4 Å². The molecule has 0 atom stereocenters. The summed E-state index contributed by atoms with van der Waals surface area (Å²) >= 11 is 0. The van der Waals surface area contributed by atoms with E-state index >= 15 is 0 Å². The molecule has 1 radical (unpaired) electrons. The van der Waals surface area contributed by atoms with Crippen LogP contribution in [-0.2, 0) is 19.5 Å². The first-order chi connectivity index (χ1) is 1.73. The summed E-state index contributed by atoms with van der Waals surface area (Å²) in [6.07, 6.45) is 0. The molecule has 0 heterocycles. The van der Waals surface area contributed by atoms with Crippen LogP contribution in [0.25, 0.3) is 0 Å². The first-order valence-corrected chi connectivity index (χ1v) is 1.50. The number of hydrogen-bond acceptors (Lipinski definition) is 0. The Balaban J connectivity index is -0.0000000450. The molecule has 0 aliphatic rings. The molecule has 0 rings (SSSR count). The smallest absolute Gasteiger partial charge is 0 e. The Morgan fingerprint density at radius 2 is 1.00 bits per heavy atom. The molecule has 0 aliphatic carbocycles. The minimum absolute atomic E-state index is 0. The van der Waals surface area contributed by atoms with Gasteiger partial charge in [-0.2, -0.15) is 0 Å². The van der Waals surface area contributed by atoms with Gasteiger partial charge in [-0.25, -0.2) is 0 Å². The van der Waals surface area contributed by atoms with E-state index in [1.165, 1.54) is 5.92 Å². The molecule has 0 N–H and O–H groups in total. The van der Waals surface area contributed by atoms with Gasteiger partial charge in [0.2, 0.25) is 0 Å². The first kappa shape index (κ1) is 15.8. The molecule has 0 aromatic heterocycles. The van der Waals surface area contributed by atoms with E-state index in [1.807, 2.05) is 0 Å². The molecule has 0 amide bonds. The summed E-state index contributed by atoms with van der Waals surface area (Å²) in [6.45, 7) is 6.25. The van der Waals surface area contributed by atoms with Gasteiger partial charge in [0.1, 0.15) is 0 Å². The fourth-order valence-corrected chi connectivity index (χ4v) is 0. The number of halogens is 1. The van der Waals surface area contributed by atoms with E-state index in [0.29, 0.717) is 0 Å². The van der Waals surface area contributed by atoms with Crippen LogP contribution in [0.1, 0.15) is 20.8 Å². The van der Waals surface area contributed by atoms with Crippen molar-refractivity contribution >= 4 is 0 Å². The van der Waals surface area contributed by atoms with E-state index in [9.17, 15) is 0 Å². The molecule has 0 aliphatic heterocycles. The Kier molecular flexibility index (Phi) is 24.5. The molecule has 0 unspecified atom stereocenters. The fraction of sp³-hybridized carbons (Fsp3) is 0.750. The van der Waals surface area contributed by atoms with Gasteiger partial charge in [0.25, 0.3) is 0 Å². The Bertz CT molecular complexity index is 12.3. The van der Waals surface area contributed by atoms with Gasteiger partial charge in [0.15, 0.2) is 0 Å². The molecule has 0 nitrogen and oxygen atoms in total. The summed E-state index contributed by atoms with van der Waals surface area (Å²) in [5, 5.41) is 0. The quantitative estimate of drug-likeness (QED) is 0.381. The molecule has 0 bridgehead atoms. The van der Waals surface area contributed by atoms with Gasteiger partial charge >= 0.3 is 0 Å². The fourth-order valence-electron chi connectivity index (χ4n) is 0. The normalized spacial score (nSPS) is 6.00. The van der Waals surface area contributed by atoms with Crippen molar-refractivity contribution in [2.24, 2.45) is 0 Å². The number of hydrogen-bond donors (Lipinski definition) is 0. The molecular formula is C4H9ClZn-. The van der Waals surface area contributed by atoms with Crippen molar-refractivity contribution < 1.29 is 31.9 Å². The zero-order chi connectivity index (χ0) is 3.58. The number of rotatable bonds is 0. The monoisotopic (exact) mass is 156 g/mol. The standard InChI is InChI=1S/C4H9.ClH.Zn/c1-4(2)3;;/h1-3H3;1H;/p-1. The van der Waals surface area contributed by atoms with Gasteiger partial charge in [-0.3, -0.25) is 0 Å². The van der Waals surface area contributed by atoms with E-state index < -0.39 is 0 Å². The first-order valence-electron chi connectivity index (χ1n) is 1.50. The van der Waals surface area contributed by atoms with Crippen LogP contribution in [0.2, 0.25) is 0 Å². The largest absolute Gasteiger partial charge is 1.00 e. The Morgan fingerprint density at radius 3 is 1.00 bits per heavy atom. The van der Waals surface area contributed by atoms with Crippen LogP contribution in [0, 0.1) is 5.92 Å². The average molecular weight is 158 g/mol. The molecule has 0 saturated carbocycles. The van der Waals surface area contributed by atoms with Gasteiger partial charge in [-0.05, 0) is 5.92 Å². The van der Waals surface area contributed by atoms with Crippen molar-refractivity contribution in [1.82, 2.24) is 0 Å². The summed E-state index contributed by atoms with van der Waals surface area (Å²) in [6, 6.07) is 0. The van der Waals surface area contributed by atoms with E-state index in [4.69, 9.17) is 0 Å². The third kappa shape index (κ3) is 90.2. The van der Waals surface area contributed by atoms with Crippen molar-refractivity contribution in [3.05, 3.63) is 5.92 Å². The molecule has 0 spiro atoms. The summed E-state index contributed by atoms with van der Waals surface area (Å²) in [4.78, 5) is 0. The minimum atomic E-state index is 0. The van der Waals surface area contributed by atoms with Crippen LogP contribution in [0.15, 0.2) is 0 Å². The minimum Gasteiger partial charge on any atom is -1.00 e. The van der Waals surface area contributed by atoms with E-state index in [2.05, 4.69) is 20.8 Å². The molecule has 0 aromatic rings. The maximum atomic E-state index is 2.08. The summed E-state index contributed by atoms with van der Waals surface area (Å²) < 4.78 is 0. The second-order valence-electron chi connectivity index (χ2n) is 1.50. The molecular weight excluding hydrogens is 149 g/mol. The van der Waals surface area contributed by atoms with Gasteiger partial charge in [0.05, 0.1) is 0 Å². The molecule has 0 fully saturated rings. The third-order valence-electron chi connectivity index (χ3n) is 0.